The summed E-state index contributed by atoms with van der Waals surface area (Å²) in [5.41, 5.74) is 0. The maximum atomic E-state index is 4.20. The van der Waals surface area contributed by atoms with Crippen LogP contribution in [0.15, 0.2) is 23.7 Å². The highest BCUT2D eigenvalue weighted by Gasteiger charge is 1.96. The highest BCUT2D eigenvalue weighted by molar-refractivity contribution is 5.79. The largest absolute Gasteiger partial charge is 0.356 e. The molecule has 0 aliphatic heterocycles. The number of guanidine groups is 1. The van der Waals surface area contributed by atoms with Crippen molar-refractivity contribution in [2.24, 2.45) is 4.99 Å². The number of hydrogen-bond donors (Lipinski definition) is 2. The van der Waals surface area contributed by atoms with E-state index in [4.69, 9.17) is 0 Å². The number of hydrogen-bond acceptors (Lipinski definition) is 2. The fourth-order valence-electron chi connectivity index (χ4n) is 1.69. The third kappa shape index (κ3) is 6.27. The first kappa shape index (κ1) is 14.5. The Labute approximate surface area is 110 Å². The van der Waals surface area contributed by atoms with Gasteiger partial charge in [-0.2, -0.15) is 0 Å². The summed E-state index contributed by atoms with van der Waals surface area (Å²) in [5.74, 6) is 0.900. The Kier molecular flexibility index (Phi) is 7.68. The molecule has 1 rings (SSSR count). The number of rotatable bonds is 8. The van der Waals surface area contributed by atoms with Gasteiger partial charge in [-0.3, -0.25) is 4.99 Å². The molecule has 1 heterocycles. The molecule has 0 saturated heterocycles. The molecule has 0 radical (unpaired) electrons. The quantitative estimate of drug-likeness (QED) is 0.419. The number of nitrogens with zero attached hydrogens (tertiary/aromatic N) is 3. The molecular weight excluding hydrogens is 226 g/mol. The molecule has 0 atom stereocenters. The van der Waals surface area contributed by atoms with Crippen molar-refractivity contribution in [3.05, 3.63) is 18.7 Å². The molecule has 0 bridgehead atoms. The normalized spacial score (nSPS) is 11.6. The molecule has 5 heteroatoms. The molecule has 0 aliphatic rings. The van der Waals surface area contributed by atoms with E-state index in [1.54, 1.807) is 0 Å². The molecule has 0 aliphatic carbocycles. The van der Waals surface area contributed by atoms with Crippen LogP contribution in [-0.2, 0) is 6.54 Å². The Morgan fingerprint density at radius 3 is 2.61 bits per heavy atom. The number of aryl methyl sites for hydroxylation is 1. The van der Waals surface area contributed by atoms with Crippen LogP contribution >= 0.6 is 0 Å². The number of unbranched alkanes of at least 4 members (excludes halogenated alkanes) is 2. The lowest BCUT2D eigenvalue weighted by atomic mass is 10.2. The van der Waals surface area contributed by atoms with E-state index in [2.05, 4.69) is 32.1 Å². The van der Waals surface area contributed by atoms with Gasteiger partial charge in [-0.1, -0.05) is 19.8 Å². The molecular formula is C13H25N5. The van der Waals surface area contributed by atoms with Crippen LogP contribution in [0.5, 0.6) is 0 Å². The summed E-state index contributed by atoms with van der Waals surface area (Å²) in [6.45, 7) is 5.11. The molecule has 1 aromatic rings. The first-order chi connectivity index (χ1) is 8.86. The fourth-order valence-corrected chi connectivity index (χ4v) is 1.69. The second-order valence-electron chi connectivity index (χ2n) is 4.29. The van der Waals surface area contributed by atoms with Crippen molar-refractivity contribution < 1.29 is 0 Å². The monoisotopic (exact) mass is 251 g/mol. The van der Waals surface area contributed by atoms with Gasteiger partial charge in [-0.05, 0) is 12.8 Å². The highest BCUT2D eigenvalue weighted by Crippen LogP contribution is 1.91. The molecule has 102 valence electrons. The maximum absolute atomic E-state index is 4.20. The van der Waals surface area contributed by atoms with Gasteiger partial charge in [0.15, 0.2) is 5.96 Å². The van der Waals surface area contributed by atoms with E-state index >= 15 is 0 Å². The Hall–Kier alpha value is -1.52. The average molecular weight is 251 g/mol. The zero-order valence-electron chi connectivity index (χ0n) is 11.5. The number of imidazole rings is 1. The Morgan fingerprint density at radius 2 is 2.00 bits per heavy atom. The van der Waals surface area contributed by atoms with Gasteiger partial charge in [0.1, 0.15) is 0 Å². The number of nitrogens with one attached hydrogen (secondary N) is 2. The third-order valence-electron chi connectivity index (χ3n) is 2.74. The van der Waals surface area contributed by atoms with E-state index in [0.29, 0.717) is 0 Å². The van der Waals surface area contributed by atoms with Crippen molar-refractivity contribution >= 4 is 5.96 Å². The molecule has 2 N–H and O–H groups in total. The SMILES string of the molecule is CCCCCNC(=NC)NCCCn1ccnc1. The summed E-state index contributed by atoms with van der Waals surface area (Å²) in [6.07, 6.45) is 10.4. The van der Waals surface area contributed by atoms with E-state index in [9.17, 15) is 0 Å². The Bertz CT molecular complexity index is 318. The van der Waals surface area contributed by atoms with Gasteiger partial charge < -0.3 is 15.2 Å². The van der Waals surface area contributed by atoms with Crippen LogP contribution in [0.4, 0.5) is 0 Å². The Balaban J connectivity index is 2.05. The van der Waals surface area contributed by atoms with Crippen molar-refractivity contribution in [3.63, 3.8) is 0 Å². The molecule has 0 fully saturated rings. The molecule has 0 spiro atoms. The standard InChI is InChI=1S/C13H25N5/c1-3-4-5-7-16-13(14-2)17-8-6-10-18-11-9-15-12-18/h9,11-12H,3-8,10H2,1-2H3,(H2,14,16,17). The first-order valence-electron chi connectivity index (χ1n) is 6.77. The second-order valence-corrected chi connectivity index (χ2v) is 4.29. The lowest BCUT2D eigenvalue weighted by molar-refractivity contribution is 0.620. The zero-order valence-corrected chi connectivity index (χ0v) is 11.5. The fraction of sp³-hybridized carbons (Fsp3) is 0.692. The second kappa shape index (κ2) is 9.50. The average Bonchev–Trinajstić information content (AvgIpc) is 2.90. The van der Waals surface area contributed by atoms with Crippen LogP contribution in [0.3, 0.4) is 0 Å². The minimum Gasteiger partial charge on any atom is -0.356 e. The number of aromatic nitrogens is 2. The summed E-state index contributed by atoms with van der Waals surface area (Å²) >= 11 is 0. The van der Waals surface area contributed by atoms with Gasteiger partial charge in [0.05, 0.1) is 6.33 Å². The van der Waals surface area contributed by atoms with E-state index in [0.717, 1.165) is 32.0 Å². The van der Waals surface area contributed by atoms with Crippen LogP contribution < -0.4 is 10.6 Å². The summed E-state index contributed by atoms with van der Waals surface area (Å²) in [7, 11) is 1.81. The van der Waals surface area contributed by atoms with E-state index in [-0.39, 0.29) is 0 Å². The van der Waals surface area contributed by atoms with Crippen LogP contribution in [0.2, 0.25) is 0 Å². The van der Waals surface area contributed by atoms with Crippen molar-refractivity contribution in [1.82, 2.24) is 20.2 Å². The summed E-state index contributed by atoms with van der Waals surface area (Å²) < 4.78 is 2.08. The molecule has 0 amide bonds. The molecule has 0 unspecified atom stereocenters. The van der Waals surface area contributed by atoms with Crippen molar-refractivity contribution in [2.45, 2.75) is 39.2 Å². The molecule has 18 heavy (non-hydrogen) atoms. The topological polar surface area (TPSA) is 54.2 Å². The lowest BCUT2D eigenvalue weighted by Gasteiger charge is -2.11. The zero-order chi connectivity index (χ0) is 13.1. The van der Waals surface area contributed by atoms with Crippen molar-refractivity contribution in [1.29, 1.82) is 0 Å². The molecule has 5 nitrogen and oxygen atoms in total. The molecule has 1 aromatic heterocycles. The summed E-state index contributed by atoms with van der Waals surface area (Å²) in [5, 5.41) is 6.63. The molecule has 0 aromatic carbocycles. The summed E-state index contributed by atoms with van der Waals surface area (Å²) in [4.78, 5) is 8.21. The minimum absolute atomic E-state index is 0.900. The van der Waals surface area contributed by atoms with Gasteiger partial charge in [-0.15, -0.1) is 0 Å². The lowest BCUT2D eigenvalue weighted by Crippen LogP contribution is -2.38. The third-order valence-corrected chi connectivity index (χ3v) is 2.74. The van der Waals surface area contributed by atoms with Gasteiger partial charge in [-0.25, -0.2) is 4.98 Å². The van der Waals surface area contributed by atoms with E-state index in [1.807, 2.05) is 25.8 Å². The Morgan fingerprint density at radius 1 is 1.22 bits per heavy atom. The smallest absolute Gasteiger partial charge is 0.190 e. The van der Waals surface area contributed by atoms with Gasteiger partial charge >= 0.3 is 0 Å². The van der Waals surface area contributed by atoms with E-state index < -0.39 is 0 Å². The van der Waals surface area contributed by atoms with Crippen LogP contribution in [0.25, 0.3) is 0 Å². The van der Waals surface area contributed by atoms with Crippen LogP contribution in [0.1, 0.15) is 32.6 Å². The molecule has 0 saturated carbocycles. The van der Waals surface area contributed by atoms with Crippen molar-refractivity contribution in [3.8, 4) is 0 Å². The van der Waals surface area contributed by atoms with Crippen LogP contribution in [-0.4, -0.2) is 35.6 Å². The first-order valence-corrected chi connectivity index (χ1v) is 6.77. The summed E-state index contributed by atoms with van der Waals surface area (Å²) in [6, 6.07) is 0. The highest BCUT2D eigenvalue weighted by atomic mass is 15.2. The number of aliphatic imine (C=N–C) groups is 1. The van der Waals surface area contributed by atoms with Gasteiger partial charge in [0.2, 0.25) is 0 Å². The maximum Gasteiger partial charge on any atom is 0.190 e. The predicted octanol–water partition coefficient (Wildman–Crippen LogP) is 1.63. The van der Waals surface area contributed by atoms with Crippen LogP contribution in [0, 0.1) is 0 Å². The van der Waals surface area contributed by atoms with Gasteiger partial charge in [0.25, 0.3) is 0 Å². The van der Waals surface area contributed by atoms with E-state index in [1.165, 1.54) is 19.3 Å². The minimum atomic E-state index is 0.900. The van der Waals surface area contributed by atoms with Gasteiger partial charge in [0, 0.05) is 39.1 Å². The predicted molar refractivity (Wildman–Crippen MR) is 75.7 cm³/mol. The van der Waals surface area contributed by atoms with Crippen molar-refractivity contribution in [2.75, 3.05) is 20.1 Å².